The summed E-state index contributed by atoms with van der Waals surface area (Å²) in [4.78, 5) is 19.9. The number of nitrogens with zero attached hydrogens (tertiary/aromatic N) is 6. The van der Waals surface area contributed by atoms with Gasteiger partial charge in [-0.3, -0.25) is 14.5 Å². The molecular weight excluding hydrogens is 563 g/mol. The smallest absolute Gasteiger partial charge is 0.191 e. The standard InChI is InChI=1S/C33H35FN6O2S/c1-4-39(43(3,42)29-20-36-38(2)21-29)28-11-8-25-15-31-24(19-37-40(31)27-12-9-26(34)10-13-27)16-33(25,17-28)32(41)30-14-7-23(18-35-30)22-5-6-22/h7,9-10,12-15,18-22,28H,3-6,8,11,16-17H2,1-2H3/t28-,33-,43?/m0/s1. The highest BCUT2D eigenvalue weighted by molar-refractivity contribution is 7.98. The topological polar surface area (TPSA) is 85.9 Å². The van der Waals surface area contributed by atoms with Gasteiger partial charge < -0.3 is 0 Å². The highest BCUT2D eigenvalue weighted by atomic mass is 32.2. The van der Waals surface area contributed by atoms with E-state index >= 15 is 0 Å². The van der Waals surface area contributed by atoms with E-state index in [0.29, 0.717) is 42.3 Å². The van der Waals surface area contributed by atoms with Gasteiger partial charge in [0.1, 0.15) is 11.5 Å². The van der Waals surface area contributed by atoms with Gasteiger partial charge in [0.2, 0.25) is 0 Å². The van der Waals surface area contributed by atoms with Gasteiger partial charge in [0, 0.05) is 32.0 Å². The van der Waals surface area contributed by atoms with Crippen molar-refractivity contribution in [1.82, 2.24) is 28.9 Å². The maximum Gasteiger partial charge on any atom is 0.191 e. The quantitative estimate of drug-likeness (QED) is 0.201. The number of hydrogen-bond donors (Lipinski definition) is 0. The Morgan fingerprint density at radius 3 is 2.56 bits per heavy atom. The molecule has 0 spiro atoms. The molecule has 3 heterocycles. The van der Waals surface area contributed by atoms with Gasteiger partial charge in [-0.2, -0.15) is 10.2 Å². The van der Waals surface area contributed by atoms with Crippen molar-refractivity contribution < 1.29 is 13.4 Å². The van der Waals surface area contributed by atoms with Gasteiger partial charge in [-0.15, -0.1) is 0 Å². The van der Waals surface area contributed by atoms with E-state index < -0.39 is 15.1 Å². The van der Waals surface area contributed by atoms with Crippen molar-refractivity contribution in [1.29, 1.82) is 0 Å². The van der Waals surface area contributed by atoms with Crippen LogP contribution < -0.4 is 0 Å². The fourth-order valence-electron chi connectivity index (χ4n) is 6.97. The van der Waals surface area contributed by atoms with Crippen molar-refractivity contribution >= 4 is 27.4 Å². The van der Waals surface area contributed by atoms with E-state index in [4.69, 9.17) is 0 Å². The van der Waals surface area contributed by atoms with Gasteiger partial charge in [-0.05, 0) is 97.8 Å². The molecule has 0 radical (unpaired) electrons. The maximum atomic E-state index is 14.7. The molecule has 7 rings (SSSR count). The highest BCUT2D eigenvalue weighted by Crippen LogP contribution is 2.51. The number of rotatable bonds is 8. The number of hydrogen-bond acceptors (Lipinski definition) is 5. The number of ketones is 1. The van der Waals surface area contributed by atoms with Gasteiger partial charge in [-0.25, -0.2) is 17.6 Å². The van der Waals surface area contributed by atoms with Crippen LogP contribution >= 0.6 is 0 Å². The van der Waals surface area contributed by atoms with E-state index in [0.717, 1.165) is 28.9 Å². The van der Waals surface area contributed by atoms with Crippen LogP contribution in [0.15, 0.2) is 71.7 Å². The first-order chi connectivity index (χ1) is 20.7. The Morgan fingerprint density at radius 1 is 1.12 bits per heavy atom. The molecule has 4 aromatic rings. The molecule has 0 saturated heterocycles. The van der Waals surface area contributed by atoms with Gasteiger partial charge in [0.05, 0.1) is 43.8 Å². The van der Waals surface area contributed by atoms with Crippen LogP contribution in [0.3, 0.4) is 0 Å². The zero-order valence-electron chi connectivity index (χ0n) is 24.4. The molecule has 2 fully saturated rings. The van der Waals surface area contributed by atoms with Crippen molar-refractivity contribution in [3.8, 4) is 5.69 Å². The average molecular weight is 599 g/mol. The summed E-state index contributed by atoms with van der Waals surface area (Å²) in [5, 5.41) is 8.90. The van der Waals surface area contributed by atoms with Crippen LogP contribution in [-0.4, -0.2) is 57.3 Å². The van der Waals surface area contributed by atoms with E-state index in [9.17, 15) is 13.4 Å². The van der Waals surface area contributed by atoms with Crippen LogP contribution in [0.4, 0.5) is 4.39 Å². The number of benzene rings is 1. The third-order valence-corrected chi connectivity index (χ3v) is 11.6. The van der Waals surface area contributed by atoms with Crippen molar-refractivity contribution in [2.75, 3.05) is 6.54 Å². The average Bonchev–Trinajstić information content (AvgIpc) is 3.64. The Bertz CT molecular complexity index is 1840. The molecule has 222 valence electrons. The normalized spacial score (nSPS) is 22.9. The first-order valence-corrected chi connectivity index (χ1v) is 16.6. The molecule has 43 heavy (non-hydrogen) atoms. The lowest BCUT2D eigenvalue weighted by molar-refractivity contribution is 0.0742. The summed E-state index contributed by atoms with van der Waals surface area (Å²) < 4.78 is 33.3. The molecule has 1 aromatic carbocycles. The SMILES string of the molecule is C=S(=O)(c1cnn(C)c1)N(CC)[C@H]1CCC2=Cc3c(cnn3-c3ccc(F)cc3)C[C@]2(C(=O)c2ccc(C3CC3)cn2)C1. The second-order valence-electron chi connectivity index (χ2n) is 12.1. The fraction of sp³-hybridized carbons (Fsp3) is 0.364. The number of aromatic nitrogens is 5. The lowest BCUT2D eigenvalue weighted by Crippen LogP contribution is -2.50. The Kier molecular flexibility index (Phi) is 6.74. The molecule has 0 N–H and O–H groups in total. The number of allylic oxidation sites excluding steroid dienone is 1. The number of aryl methyl sites for hydroxylation is 1. The van der Waals surface area contributed by atoms with Crippen LogP contribution in [0.1, 0.15) is 72.3 Å². The molecule has 0 bridgehead atoms. The Balaban J connectivity index is 1.30. The molecule has 2 saturated carbocycles. The maximum absolute atomic E-state index is 14.7. The molecule has 0 aliphatic heterocycles. The number of pyridine rings is 1. The lowest BCUT2D eigenvalue weighted by atomic mass is 9.60. The summed E-state index contributed by atoms with van der Waals surface area (Å²) in [6, 6.07) is 10.0. The van der Waals surface area contributed by atoms with Crippen LogP contribution in [0.2, 0.25) is 0 Å². The Hall–Kier alpha value is -3.89. The summed E-state index contributed by atoms with van der Waals surface area (Å²) in [7, 11) is -1.03. The zero-order chi connectivity index (χ0) is 29.9. The molecule has 3 aliphatic rings. The fourth-order valence-corrected chi connectivity index (χ4v) is 8.85. The second kappa shape index (κ2) is 10.4. The molecule has 1 unspecified atom stereocenters. The van der Waals surface area contributed by atoms with Crippen LogP contribution in [0.25, 0.3) is 11.8 Å². The van der Waals surface area contributed by atoms with Crippen molar-refractivity contribution in [3.05, 3.63) is 95.1 Å². The molecular formula is C33H35FN6O2S. The van der Waals surface area contributed by atoms with Gasteiger partial charge in [0.15, 0.2) is 5.78 Å². The van der Waals surface area contributed by atoms with E-state index in [-0.39, 0.29) is 17.6 Å². The minimum Gasteiger partial charge on any atom is -0.291 e. The molecule has 3 aromatic heterocycles. The summed E-state index contributed by atoms with van der Waals surface area (Å²) in [5.41, 5.74) is 4.42. The number of Topliss-reactive ketones (excluding diaryl/α,β-unsaturated/α-hetero) is 1. The summed E-state index contributed by atoms with van der Waals surface area (Å²) in [6.45, 7) is 2.51. The van der Waals surface area contributed by atoms with Crippen molar-refractivity contribution in [2.24, 2.45) is 12.5 Å². The zero-order valence-corrected chi connectivity index (χ0v) is 25.3. The number of carbonyl (C=O) groups is 1. The molecule has 8 nitrogen and oxygen atoms in total. The second-order valence-corrected chi connectivity index (χ2v) is 14.3. The van der Waals surface area contributed by atoms with Gasteiger partial charge in [-0.1, -0.05) is 18.6 Å². The van der Waals surface area contributed by atoms with E-state index in [1.54, 1.807) is 36.3 Å². The lowest BCUT2D eigenvalue weighted by Gasteiger charge is -2.47. The third-order valence-electron chi connectivity index (χ3n) is 9.36. The number of fused-ring (bicyclic) bond motifs is 2. The van der Waals surface area contributed by atoms with Crippen molar-refractivity contribution in [2.45, 2.75) is 62.3 Å². The summed E-state index contributed by atoms with van der Waals surface area (Å²) in [5.74, 6) is 4.42. The third kappa shape index (κ3) is 4.77. The van der Waals surface area contributed by atoms with Crippen LogP contribution in [-0.2, 0) is 23.2 Å². The van der Waals surface area contributed by atoms with E-state index in [1.807, 2.05) is 40.4 Å². The number of carbonyl (C=O) groups excluding carboxylic acids is 1. The largest absolute Gasteiger partial charge is 0.291 e. The van der Waals surface area contributed by atoms with Crippen molar-refractivity contribution in [3.63, 3.8) is 0 Å². The monoisotopic (exact) mass is 598 g/mol. The molecule has 3 aliphatic carbocycles. The van der Waals surface area contributed by atoms with Gasteiger partial charge in [0.25, 0.3) is 0 Å². The van der Waals surface area contributed by atoms with Crippen LogP contribution in [0.5, 0.6) is 0 Å². The number of halogens is 1. The first kappa shape index (κ1) is 27.9. The van der Waals surface area contributed by atoms with E-state index in [1.165, 1.54) is 30.5 Å². The minimum absolute atomic E-state index is 0.0148. The first-order valence-electron chi connectivity index (χ1n) is 14.9. The summed E-state index contributed by atoms with van der Waals surface area (Å²) in [6.07, 6.45) is 13.8. The predicted octanol–water partition coefficient (Wildman–Crippen LogP) is 5.39. The Labute approximate surface area is 251 Å². The highest BCUT2D eigenvalue weighted by Gasteiger charge is 2.51. The predicted molar refractivity (Wildman–Crippen MR) is 165 cm³/mol. The molecule has 3 atom stereocenters. The van der Waals surface area contributed by atoms with Crippen LogP contribution in [0, 0.1) is 11.2 Å². The summed E-state index contributed by atoms with van der Waals surface area (Å²) >= 11 is 0. The van der Waals surface area contributed by atoms with E-state index in [2.05, 4.69) is 27.1 Å². The molecule has 0 amide bonds. The van der Waals surface area contributed by atoms with Gasteiger partial charge >= 0.3 is 0 Å². The minimum atomic E-state index is -2.83. The molecule has 10 heteroatoms. The Morgan fingerprint density at radius 2 is 1.91 bits per heavy atom.